The smallest absolute Gasteiger partial charge is 0.251 e. The lowest BCUT2D eigenvalue weighted by atomic mass is 10.00. The third kappa shape index (κ3) is 3.01. The van der Waals surface area contributed by atoms with Gasteiger partial charge < -0.3 is 15.2 Å². The lowest BCUT2D eigenvalue weighted by Gasteiger charge is -2.22. The van der Waals surface area contributed by atoms with Crippen molar-refractivity contribution in [2.45, 2.75) is 19.8 Å². The molecule has 1 aromatic rings. The van der Waals surface area contributed by atoms with Crippen LogP contribution in [0.2, 0.25) is 0 Å². The van der Waals surface area contributed by atoms with Crippen molar-refractivity contribution in [3.05, 3.63) is 29.3 Å². The van der Waals surface area contributed by atoms with Crippen LogP contribution in [0.15, 0.2) is 18.2 Å². The van der Waals surface area contributed by atoms with Gasteiger partial charge in [-0.1, -0.05) is 6.07 Å². The van der Waals surface area contributed by atoms with Crippen molar-refractivity contribution in [3.8, 4) is 5.75 Å². The summed E-state index contributed by atoms with van der Waals surface area (Å²) in [6.07, 6.45) is 2.00. The number of rotatable bonds is 3. The van der Waals surface area contributed by atoms with E-state index in [1.165, 1.54) is 0 Å². The van der Waals surface area contributed by atoms with E-state index in [-0.39, 0.29) is 11.7 Å². The molecule has 0 atom stereocenters. The third-order valence-corrected chi connectivity index (χ3v) is 3.44. The highest BCUT2D eigenvalue weighted by Crippen LogP contribution is 2.19. The average molecular weight is 249 g/mol. The number of amides is 1. The first-order valence-electron chi connectivity index (χ1n) is 6.33. The van der Waals surface area contributed by atoms with Crippen LogP contribution < -0.4 is 5.32 Å². The zero-order valence-electron chi connectivity index (χ0n) is 10.6. The van der Waals surface area contributed by atoms with Gasteiger partial charge in [0.1, 0.15) is 5.75 Å². The van der Waals surface area contributed by atoms with Crippen molar-refractivity contribution in [2.24, 2.45) is 5.92 Å². The number of hydrogen-bond donors (Lipinski definition) is 2. The van der Waals surface area contributed by atoms with Crippen molar-refractivity contribution in [3.63, 3.8) is 0 Å². The van der Waals surface area contributed by atoms with Crippen molar-refractivity contribution >= 4 is 5.91 Å². The van der Waals surface area contributed by atoms with E-state index < -0.39 is 0 Å². The summed E-state index contributed by atoms with van der Waals surface area (Å²) in [5.74, 6) is 0.545. The molecule has 4 heteroatoms. The minimum atomic E-state index is -0.116. The summed E-state index contributed by atoms with van der Waals surface area (Å²) in [5, 5.41) is 12.5. The van der Waals surface area contributed by atoms with Gasteiger partial charge in [0.25, 0.3) is 5.91 Å². The number of hydrogen-bond acceptors (Lipinski definition) is 3. The number of benzene rings is 1. The van der Waals surface area contributed by atoms with Gasteiger partial charge in [-0.05, 0) is 37.8 Å². The summed E-state index contributed by atoms with van der Waals surface area (Å²) < 4.78 is 5.28. The molecule has 0 bridgehead atoms. The van der Waals surface area contributed by atoms with Crippen LogP contribution in [0.25, 0.3) is 0 Å². The van der Waals surface area contributed by atoms with E-state index in [1.54, 1.807) is 25.1 Å². The number of carbonyl (C=O) groups is 1. The van der Waals surface area contributed by atoms with E-state index in [4.69, 9.17) is 4.74 Å². The fourth-order valence-electron chi connectivity index (χ4n) is 2.15. The molecule has 0 unspecified atom stereocenters. The van der Waals surface area contributed by atoms with Gasteiger partial charge in [0.05, 0.1) is 0 Å². The van der Waals surface area contributed by atoms with Crippen LogP contribution in [0.4, 0.5) is 0 Å². The second-order valence-corrected chi connectivity index (χ2v) is 4.72. The Balaban J connectivity index is 1.93. The molecular weight excluding hydrogens is 230 g/mol. The lowest BCUT2D eigenvalue weighted by Crippen LogP contribution is -2.32. The van der Waals surface area contributed by atoms with Crippen LogP contribution in [0, 0.1) is 12.8 Å². The molecule has 1 aliphatic heterocycles. The summed E-state index contributed by atoms with van der Waals surface area (Å²) in [5.41, 5.74) is 1.17. The summed E-state index contributed by atoms with van der Waals surface area (Å²) in [4.78, 5) is 12.0. The highest BCUT2D eigenvalue weighted by atomic mass is 16.5. The Kier molecular flexibility index (Phi) is 4.20. The predicted molar refractivity (Wildman–Crippen MR) is 68.7 cm³/mol. The minimum Gasteiger partial charge on any atom is -0.508 e. The Morgan fingerprint density at radius 2 is 2.17 bits per heavy atom. The Morgan fingerprint density at radius 1 is 1.44 bits per heavy atom. The largest absolute Gasteiger partial charge is 0.508 e. The second kappa shape index (κ2) is 5.87. The van der Waals surface area contributed by atoms with E-state index in [2.05, 4.69) is 5.32 Å². The quantitative estimate of drug-likeness (QED) is 0.859. The molecule has 18 heavy (non-hydrogen) atoms. The minimum absolute atomic E-state index is 0.116. The molecule has 0 aliphatic carbocycles. The first-order valence-corrected chi connectivity index (χ1v) is 6.33. The normalized spacial score (nSPS) is 16.5. The monoisotopic (exact) mass is 249 g/mol. The summed E-state index contributed by atoms with van der Waals surface area (Å²) in [6, 6.07) is 5.00. The molecule has 1 aromatic carbocycles. The highest BCUT2D eigenvalue weighted by Gasteiger charge is 2.16. The van der Waals surface area contributed by atoms with Gasteiger partial charge in [-0.15, -0.1) is 0 Å². The fourth-order valence-corrected chi connectivity index (χ4v) is 2.15. The van der Waals surface area contributed by atoms with Crippen molar-refractivity contribution in [1.82, 2.24) is 5.32 Å². The molecule has 98 valence electrons. The first kappa shape index (κ1) is 12.9. The van der Waals surface area contributed by atoms with Crippen LogP contribution >= 0.6 is 0 Å². The van der Waals surface area contributed by atoms with Gasteiger partial charge >= 0.3 is 0 Å². The standard InChI is InChI=1S/C14H19NO3/c1-10-12(3-2-4-13(10)16)14(17)15-9-11-5-7-18-8-6-11/h2-4,11,16H,5-9H2,1H3,(H,15,17). The Labute approximate surface area is 107 Å². The van der Waals surface area contributed by atoms with E-state index in [0.717, 1.165) is 26.1 Å². The van der Waals surface area contributed by atoms with Gasteiger partial charge in [-0.25, -0.2) is 0 Å². The molecule has 0 saturated carbocycles. The maximum absolute atomic E-state index is 12.0. The molecule has 1 fully saturated rings. The molecule has 2 rings (SSSR count). The van der Waals surface area contributed by atoms with Gasteiger partial charge in [-0.2, -0.15) is 0 Å². The zero-order chi connectivity index (χ0) is 13.0. The maximum atomic E-state index is 12.0. The summed E-state index contributed by atoms with van der Waals surface area (Å²) in [6.45, 7) is 3.99. The van der Waals surface area contributed by atoms with Crippen LogP contribution in [0.5, 0.6) is 5.75 Å². The number of aromatic hydroxyl groups is 1. The van der Waals surface area contributed by atoms with Gasteiger partial charge in [-0.3, -0.25) is 4.79 Å². The molecular formula is C14H19NO3. The average Bonchev–Trinajstić information content (AvgIpc) is 2.40. The topological polar surface area (TPSA) is 58.6 Å². The van der Waals surface area contributed by atoms with E-state index in [0.29, 0.717) is 23.6 Å². The number of ether oxygens (including phenoxy) is 1. The van der Waals surface area contributed by atoms with Gasteiger partial charge in [0.2, 0.25) is 0 Å². The second-order valence-electron chi connectivity index (χ2n) is 4.72. The maximum Gasteiger partial charge on any atom is 0.251 e. The van der Waals surface area contributed by atoms with E-state index in [1.807, 2.05) is 0 Å². The lowest BCUT2D eigenvalue weighted by molar-refractivity contribution is 0.0642. The van der Waals surface area contributed by atoms with Gasteiger partial charge in [0.15, 0.2) is 0 Å². The molecule has 0 radical (unpaired) electrons. The molecule has 4 nitrogen and oxygen atoms in total. The Hall–Kier alpha value is -1.55. The Bertz CT molecular complexity index is 425. The van der Waals surface area contributed by atoms with Crippen molar-refractivity contribution in [2.75, 3.05) is 19.8 Å². The van der Waals surface area contributed by atoms with Crippen LogP contribution in [-0.4, -0.2) is 30.8 Å². The fraction of sp³-hybridized carbons (Fsp3) is 0.500. The molecule has 1 saturated heterocycles. The summed E-state index contributed by atoms with van der Waals surface area (Å²) >= 11 is 0. The SMILES string of the molecule is Cc1c(O)cccc1C(=O)NCC1CCOCC1. The predicted octanol–water partition coefficient (Wildman–Crippen LogP) is 1.86. The third-order valence-electron chi connectivity index (χ3n) is 3.44. The molecule has 0 aromatic heterocycles. The molecule has 0 spiro atoms. The van der Waals surface area contributed by atoms with E-state index in [9.17, 15) is 9.90 Å². The molecule has 1 aliphatic rings. The highest BCUT2D eigenvalue weighted by molar-refractivity contribution is 5.96. The van der Waals surface area contributed by atoms with Gasteiger partial charge in [0, 0.05) is 30.9 Å². The van der Waals surface area contributed by atoms with Crippen LogP contribution in [0.1, 0.15) is 28.8 Å². The molecule has 1 heterocycles. The van der Waals surface area contributed by atoms with E-state index >= 15 is 0 Å². The van der Waals surface area contributed by atoms with Crippen molar-refractivity contribution in [1.29, 1.82) is 0 Å². The number of phenols is 1. The zero-order valence-corrected chi connectivity index (χ0v) is 10.6. The Morgan fingerprint density at radius 3 is 2.89 bits per heavy atom. The molecule has 2 N–H and O–H groups in total. The molecule has 1 amide bonds. The number of carbonyl (C=O) groups excluding carboxylic acids is 1. The number of nitrogens with one attached hydrogen (secondary N) is 1. The van der Waals surface area contributed by atoms with Crippen LogP contribution in [0.3, 0.4) is 0 Å². The first-order chi connectivity index (χ1) is 8.68. The number of phenolic OH excluding ortho intramolecular Hbond substituents is 1. The van der Waals surface area contributed by atoms with Crippen molar-refractivity contribution < 1.29 is 14.6 Å². The summed E-state index contributed by atoms with van der Waals surface area (Å²) in [7, 11) is 0. The van der Waals surface area contributed by atoms with Crippen LogP contribution in [-0.2, 0) is 4.74 Å².